The van der Waals surface area contributed by atoms with Gasteiger partial charge >= 0.3 is 0 Å². The Labute approximate surface area is 114 Å². The van der Waals surface area contributed by atoms with Crippen molar-refractivity contribution in [3.05, 3.63) is 52.1 Å². The number of nitrogens with zero attached hydrogens (tertiary/aromatic N) is 1. The first kappa shape index (κ1) is 12.9. The molecule has 0 unspecified atom stereocenters. The Morgan fingerprint density at radius 2 is 1.83 bits per heavy atom. The van der Waals surface area contributed by atoms with Gasteiger partial charge in [0, 0.05) is 27.9 Å². The second-order valence-corrected chi connectivity index (χ2v) is 4.52. The van der Waals surface area contributed by atoms with E-state index >= 15 is 0 Å². The van der Waals surface area contributed by atoms with Crippen molar-refractivity contribution in [3.8, 4) is 11.6 Å². The molecule has 0 amide bonds. The average molecular weight is 282 g/mol. The van der Waals surface area contributed by atoms with Crippen molar-refractivity contribution in [2.45, 2.75) is 6.92 Å². The van der Waals surface area contributed by atoms with Crippen molar-refractivity contribution < 1.29 is 9.53 Å². The molecule has 0 aliphatic carbocycles. The lowest BCUT2D eigenvalue weighted by atomic mass is 10.2. The number of carbonyl (C=O) groups excluding carboxylic acids is 1. The van der Waals surface area contributed by atoms with E-state index in [1.54, 1.807) is 30.3 Å². The van der Waals surface area contributed by atoms with Gasteiger partial charge in [-0.25, -0.2) is 4.98 Å². The summed E-state index contributed by atoms with van der Waals surface area (Å²) in [4.78, 5) is 15.2. The molecule has 5 heteroatoms. The number of benzene rings is 1. The summed E-state index contributed by atoms with van der Waals surface area (Å²) in [5.41, 5.74) is 0.535. The van der Waals surface area contributed by atoms with Crippen molar-refractivity contribution in [2.75, 3.05) is 0 Å². The molecule has 0 saturated carbocycles. The number of rotatable bonds is 3. The number of ketones is 1. The highest BCUT2D eigenvalue weighted by molar-refractivity contribution is 6.34. The van der Waals surface area contributed by atoms with Crippen molar-refractivity contribution in [1.29, 1.82) is 0 Å². The van der Waals surface area contributed by atoms with Crippen molar-refractivity contribution in [1.82, 2.24) is 4.98 Å². The van der Waals surface area contributed by atoms with E-state index in [1.807, 2.05) is 0 Å². The van der Waals surface area contributed by atoms with Gasteiger partial charge in [0.1, 0.15) is 5.75 Å². The maximum atomic E-state index is 11.2. The summed E-state index contributed by atoms with van der Waals surface area (Å²) in [6.45, 7) is 1.48. The van der Waals surface area contributed by atoms with Gasteiger partial charge in [0.2, 0.25) is 5.88 Å². The number of hydrogen-bond donors (Lipinski definition) is 0. The van der Waals surface area contributed by atoms with Gasteiger partial charge in [-0.1, -0.05) is 23.2 Å². The topological polar surface area (TPSA) is 39.2 Å². The Balaban J connectivity index is 2.28. The smallest absolute Gasteiger partial charge is 0.219 e. The van der Waals surface area contributed by atoms with Crippen molar-refractivity contribution in [3.63, 3.8) is 0 Å². The van der Waals surface area contributed by atoms with Gasteiger partial charge in [0.25, 0.3) is 0 Å². The molecule has 1 heterocycles. The van der Waals surface area contributed by atoms with Crippen LogP contribution in [0.25, 0.3) is 0 Å². The molecular weight excluding hydrogens is 273 g/mol. The molecule has 0 aliphatic rings. The monoisotopic (exact) mass is 281 g/mol. The molecule has 0 atom stereocenters. The molecule has 0 fully saturated rings. The summed E-state index contributed by atoms with van der Waals surface area (Å²) in [6, 6.07) is 8.04. The summed E-state index contributed by atoms with van der Waals surface area (Å²) in [5.74, 6) is 0.744. The van der Waals surface area contributed by atoms with E-state index < -0.39 is 0 Å². The minimum Gasteiger partial charge on any atom is -0.439 e. The zero-order valence-electron chi connectivity index (χ0n) is 9.48. The largest absolute Gasteiger partial charge is 0.439 e. The Morgan fingerprint density at radius 1 is 1.17 bits per heavy atom. The first-order valence-corrected chi connectivity index (χ1v) is 5.91. The van der Waals surface area contributed by atoms with Crippen LogP contribution in [-0.2, 0) is 0 Å². The molecule has 2 rings (SSSR count). The minimum absolute atomic E-state index is 0.0497. The predicted molar refractivity (Wildman–Crippen MR) is 70.8 cm³/mol. The zero-order chi connectivity index (χ0) is 13.1. The van der Waals surface area contributed by atoms with Gasteiger partial charge < -0.3 is 4.74 Å². The van der Waals surface area contributed by atoms with Crippen LogP contribution in [0.4, 0.5) is 0 Å². The van der Waals surface area contributed by atoms with Gasteiger partial charge in [-0.15, -0.1) is 0 Å². The van der Waals surface area contributed by atoms with Gasteiger partial charge in [-0.05, 0) is 31.2 Å². The fourth-order valence-electron chi connectivity index (χ4n) is 1.39. The fourth-order valence-corrected chi connectivity index (χ4v) is 1.90. The zero-order valence-corrected chi connectivity index (χ0v) is 11.0. The molecule has 0 radical (unpaired) electrons. The first-order chi connectivity index (χ1) is 8.54. The van der Waals surface area contributed by atoms with Crippen LogP contribution >= 0.6 is 23.2 Å². The summed E-state index contributed by atoms with van der Waals surface area (Å²) < 4.78 is 5.50. The SMILES string of the molecule is CC(=O)c1ccnc(Oc2cc(Cl)cc(Cl)c2)c1. The maximum absolute atomic E-state index is 11.2. The molecule has 3 nitrogen and oxygen atoms in total. The lowest BCUT2D eigenvalue weighted by Crippen LogP contribution is -1.94. The van der Waals surface area contributed by atoms with E-state index in [-0.39, 0.29) is 5.78 Å². The highest BCUT2D eigenvalue weighted by atomic mass is 35.5. The maximum Gasteiger partial charge on any atom is 0.219 e. The number of halogens is 2. The van der Waals surface area contributed by atoms with E-state index in [4.69, 9.17) is 27.9 Å². The van der Waals surface area contributed by atoms with Crippen LogP contribution in [0.1, 0.15) is 17.3 Å². The summed E-state index contributed by atoms with van der Waals surface area (Å²) >= 11 is 11.7. The number of hydrogen-bond acceptors (Lipinski definition) is 3. The Kier molecular flexibility index (Phi) is 3.84. The van der Waals surface area contributed by atoms with Crippen LogP contribution in [0, 0.1) is 0 Å². The van der Waals surface area contributed by atoms with Gasteiger partial charge in [-0.3, -0.25) is 4.79 Å². The molecule has 1 aromatic heterocycles. The van der Waals surface area contributed by atoms with Crippen LogP contribution in [0.5, 0.6) is 11.6 Å². The van der Waals surface area contributed by atoms with E-state index in [2.05, 4.69) is 4.98 Å². The predicted octanol–water partition coefficient (Wildman–Crippen LogP) is 4.38. The Bertz CT molecular complexity index is 579. The fraction of sp³-hybridized carbons (Fsp3) is 0.0769. The summed E-state index contributed by atoms with van der Waals surface area (Å²) in [6.07, 6.45) is 1.51. The van der Waals surface area contributed by atoms with Gasteiger partial charge in [0.05, 0.1) is 0 Å². The van der Waals surface area contributed by atoms with Crippen molar-refractivity contribution >= 4 is 29.0 Å². The lowest BCUT2D eigenvalue weighted by Gasteiger charge is -2.06. The van der Waals surface area contributed by atoms with Crippen LogP contribution < -0.4 is 4.74 Å². The lowest BCUT2D eigenvalue weighted by molar-refractivity contribution is 0.101. The molecular formula is C13H9Cl2NO2. The quantitative estimate of drug-likeness (QED) is 0.784. The molecule has 0 aliphatic heterocycles. The average Bonchev–Trinajstić information content (AvgIpc) is 2.27. The highest BCUT2D eigenvalue weighted by Crippen LogP contribution is 2.27. The van der Waals surface area contributed by atoms with E-state index in [0.717, 1.165) is 0 Å². The van der Waals surface area contributed by atoms with Crippen LogP contribution in [0.15, 0.2) is 36.5 Å². The Hall–Kier alpha value is -1.58. The molecule has 0 saturated heterocycles. The van der Waals surface area contributed by atoms with Crippen molar-refractivity contribution in [2.24, 2.45) is 0 Å². The molecule has 0 spiro atoms. The van der Waals surface area contributed by atoms with Gasteiger partial charge in [-0.2, -0.15) is 0 Å². The third-order valence-corrected chi connectivity index (χ3v) is 2.64. The number of Topliss-reactive ketones (excluding diaryl/α,β-unsaturated/α-hetero) is 1. The van der Waals surface area contributed by atoms with Crippen LogP contribution in [-0.4, -0.2) is 10.8 Å². The molecule has 0 N–H and O–H groups in total. The number of pyridine rings is 1. The van der Waals surface area contributed by atoms with E-state index in [9.17, 15) is 4.79 Å². The highest BCUT2D eigenvalue weighted by Gasteiger charge is 2.05. The second kappa shape index (κ2) is 5.38. The number of ether oxygens (including phenoxy) is 1. The second-order valence-electron chi connectivity index (χ2n) is 3.65. The number of carbonyl (C=O) groups is 1. The number of aromatic nitrogens is 1. The molecule has 2 aromatic rings. The van der Waals surface area contributed by atoms with Crippen LogP contribution in [0.3, 0.4) is 0 Å². The van der Waals surface area contributed by atoms with Gasteiger partial charge in [0.15, 0.2) is 5.78 Å². The van der Waals surface area contributed by atoms with Crippen LogP contribution in [0.2, 0.25) is 10.0 Å². The van der Waals surface area contributed by atoms with E-state index in [0.29, 0.717) is 27.2 Å². The Morgan fingerprint density at radius 3 is 2.44 bits per heavy atom. The molecule has 1 aromatic carbocycles. The third-order valence-electron chi connectivity index (χ3n) is 2.20. The molecule has 0 bridgehead atoms. The first-order valence-electron chi connectivity index (χ1n) is 5.15. The summed E-state index contributed by atoms with van der Waals surface area (Å²) in [7, 11) is 0. The van der Waals surface area contributed by atoms with E-state index in [1.165, 1.54) is 13.1 Å². The standard InChI is InChI=1S/C13H9Cl2NO2/c1-8(17)9-2-3-16-13(4-9)18-12-6-10(14)5-11(15)7-12/h2-7H,1H3. The normalized spacial score (nSPS) is 10.2. The molecule has 92 valence electrons. The minimum atomic E-state index is -0.0497. The molecule has 18 heavy (non-hydrogen) atoms. The third kappa shape index (κ3) is 3.22. The summed E-state index contributed by atoms with van der Waals surface area (Å²) in [5, 5.41) is 0.945.